The number of benzene rings is 2. The van der Waals surface area contributed by atoms with Crippen LogP contribution in [-0.4, -0.2) is 9.97 Å². The van der Waals surface area contributed by atoms with Gasteiger partial charge in [0.2, 0.25) is 0 Å². The molecule has 0 bridgehead atoms. The SMILES string of the molecule is [Cl-].[Cl-].[Cl-].[Cl-].[Ti+4].c1ccc2oc(CCc3nc4ccccc4o3)nc2c1. The number of para-hydroxylation sites is 4. The van der Waals surface area contributed by atoms with Gasteiger partial charge < -0.3 is 58.5 Å². The van der Waals surface area contributed by atoms with Gasteiger partial charge in [-0.05, 0) is 24.3 Å². The minimum Gasteiger partial charge on any atom is -1.00 e. The number of oxazole rings is 2. The minimum absolute atomic E-state index is 0. The second-order valence-corrected chi connectivity index (χ2v) is 4.65. The van der Waals surface area contributed by atoms with Gasteiger partial charge in [-0.15, -0.1) is 0 Å². The molecule has 9 heteroatoms. The molecule has 2 heterocycles. The van der Waals surface area contributed by atoms with Crippen LogP contribution in [0.25, 0.3) is 22.2 Å². The van der Waals surface area contributed by atoms with Crippen molar-refractivity contribution in [2.75, 3.05) is 0 Å². The van der Waals surface area contributed by atoms with Crippen LogP contribution >= 0.6 is 0 Å². The standard InChI is InChI=1S/C16H12N2O2.4ClH.Ti/c1-3-7-13-11(5-1)17-15(19-13)9-10-16-18-12-6-2-4-8-14(12)20-16;;;;;/h1-8H,9-10H2;4*1H;/q;;;;;+4/p-4. The van der Waals surface area contributed by atoms with Crippen LogP contribution in [0.3, 0.4) is 0 Å². The van der Waals surface area contributed by atoms with E-state index in [0.29, 0.717) is 24.6 Å². The van der Waals surface area contributed by atoms with Crippen molar-refractivity contribution in [2.24, 2.45) is 0 Å². The van der Waals surface area contributed by atoms with E-state index in [0.717, 1.165) is 22.2 Å². The van der Waals surface area contributed by atoms with Crippen LogP contribution in [0.5, 0.6) is 0 Å². The molecule has 0 atom stereocenters. The average molecular weight is 454 g/mol. The maximum atomic E-state index is 5.68. The Kier molecular flexibility index (Phi) is 12.5. The summed E-state index contributed by atoms with van der Waals surface area (Å²) >= 11 is 0. The van der Waals surface area contributed by atoms with Crippen molar-refractivity contribution in [1.82, 2.24) is 9.97 Å². The molecule has 4 aromatic rings. The number of fused-ring (bicyclic) bond motifs is 2. The van der Waals surface area contributed by atoms with Crippen LogP contribution in [0.15, 0.2) is 57.4 Å². The summed E-state index contributed by atoms with van der Waals surface area (Å²) in [5.74, 6) is 1.43. The normalized spacial score (nSPS) is 9.12. The molecule has 0 saturated carbocycles. The molecular formula is C16H12Cl4N2O2Ti. The molecule has 4 nitrogen and oxygen atoms in total. The van der Waals surface area contributed by atoms with E-state index in [2.05, 4.69) is 9.97 Å². The molecule has 0 radical (unpaired) electrons. The topological polar surface area (TPSA) is 52.1 Å². The Balaban J connectivity index is 0. The second-order valence-electron chi connectivity index (χ2n) is 4.65. The fourth-order valence-corrected chi connectivity index (χ4v) is 2.27. The first kappa shape index (κ1) is 26.5. The van der Waals surface area contributed by atoms with Gasteiger partial charge in [0.15, 0.2) is 22.9 Å². The van der Waals surface area contributed by atoms with Crippen molar-refractivity contribution in [1.29, 1.82) is 0 Å². The van der Waals surface area contributed by atoms with Crippen LogP contribution in [0.4, 0.5) is 0 Å². The maximum Gasteiger partial charge on any atom is 4.00 e. The largest absolute Gasteiger partial charge is 4.00 e. The van der Waals surface area contributed by atoms with Gasteiger partial charge in [0, 0.05) is 12.8 Å². The smallest absolute Gasteiger partial charge is 1.00 e. The molecule has 2 aromatic carbocycles. The minimum atomic E-state index is 0. The molecule has 2 aromatic heterocycles. The van der Waals surface area contributed by atoms with Crippen molar-refractivity contribution < 1.29 is 80.2 Å². The average Bonchev–Trinajstić information content (AvgIpc) is 3.07. The quantitative estimate of drug-likeness (QED) is 0.289. The van der Waals surface area contributed by atoms with Crippen LogP contribution < -0.4 is 49.6 Å². The summed E-state index contributed by atoms with van der Waals surface area (Å²) in [6.07, 6.45) is 1.36. The molecule has 130 valence electrons. The third-order valence-corrected chi connectivity index (χ3v) is 3.23. The fraction of sp³-hybridized carbons (Fsp3) is 0.125. The molecular weight excluding hydrogens is 442 g/mol. The van der Waals surface area contributed by atoms with Crippen LogP contribution in [-0.2, 0) is 34.6 Å². The summed E-state index contributed by atoms with van der Waals surface area (Å²) < 4.78 is 11.4. The second kappa shape index (κ2) is 11.8. The summed E-state index contributed by atoms with van der Waals surface area (Å²) in [6.45, 7) is 0. The van der Waals surface area contributed by atoms with Gasteiger partial charge >= 0.3 is 21.7 Å². The Morgan fingerprint density at radius 3 is 1.32 bits per heavy atom. The van der Waals surface area contributed by atoms with E-state index in [1.807, 2.05) is 48.5 Å². The van der Waals surface area contributed by atoms with E-state index in [-0.39, 0.29) is 71.3 Å². The zero-order valence-electron chi connectivity index (χ0n) is 12.8. The zero-order chi connectivity index (χ0) is 13.4. The summed E-state index contributed by atoms with van der Waals surface area (Å²) in [5.41, 5.74) is 3.42. The Morgan fingerprint density at radius 2 is 0.960 bits per heavy atom. The van der Waals surface area contributed by atoms with Crippen LogP contribution in [0, 0.1) is 0 Å². The first-order valence-corrected chi connectivity index (χ1v) is 6.57. The molecule has 0 amide bonds. The number of aromatic nitrogens is 2. The first-order valence-electron chi connectivity index (χ1n) is 6.57. The van der Waals surface area contributed by atoms with Gasteiger partial charge in [-0.1, -0.05) is 24.3 Å². The number of aryl methyl sites for hydroxylation is 2. The number of halogens is 4. The third-order valence-electron chi connectivity index (χ3n) is 3.23. The van der Waals surface area contributed by atoms with Crippen LogP contribution in [0.1, 0.15) is 11.8 Å². The van der Waals surface area contributed by atoms with E-state index in [1.54, 1.807) is 0 Å². The number of hydrogen-bond donors (Lipinski definition) is 0. The predicted octanol–water partition coefficient (Wildman–Crippen LogP) is -8.23. The van der Waals surface area contributed by atoms with Crippen molar-refractivity contribution in [3.63, 3.8) is 0 Å². The van der Waals surface area contributed by atoms with Gasteiger partial charge in [-0.2, -0.15) is 0 Å². The Bertz CT molecular complexity index is 758. The Hall–Kier alpha value is -0.746. The predicted molar refractivity (Wildman–Crippen MR) is 75.4 cm³/mol. The molecule has 0 saturated heterocycles. The third kappa shape index (κ3) is 5.88. The number of rotatable bonds is 3. The van der Waals surface area contributed by atoms with E-state index in [9.17, 15) is 0 Å². The van der Waals surface area contributed by atoms with Gasteiger partial charge in [0.25, 0.3) is 0 Å². The van der Waals surface area contributed by atoms with E-state index < -0.39 is 0 Å². The molecule has 0 aliphatic carbocycles. The van der Waals surface area contributed by atoms with E-state index in [1.165, 1.54) is 0 Å². The monoisotopic (exact) mass is 452 g/mol. The van der Waals surface area contributed by atoms with Gasteiger partial charge in [-0.25, -0.2) is 9.97 Å². The molecule has 0 aliphatic heterocycles. The van der Waals surface area contributed by atoms with Crippen molar-refractivity contribution >= 4 is 22.2 Å². The van der Waals surface area contributed by atoms with Crippen molar-refractivity contribution in [2.45, 2.75) is 12.8 Å². The summed E-state index contributed by atoms with van der Waals surface area (Å²) in [4.78, 5) is 8.89. The molecule has 25 heavy (non-hydrogen) atoms. The fourth-order valence-electron chi connectivity index (χ4n) is 2.27. The molecule has 0 unspecified atom stereocenters. The zero-order valence-corrected chi connectivity index (χ0v) is 17.3. The molecule has 0 aliphatic rings. The molecule has 0 spiro atoms. The number of hydrogen-bond acceptors (Lipinski definition) is 4. The Morgan fingerprint density at radius 1 is 0.600 bits per heavy atom. The summed E-state index contributed by atoms with van der Waals surface area (Å²) in [6, 6.07) is 15.5. The maximum absolute atomic E-state index is 5.68. The van der Waals surface area contributed by atoms with Crippen molar-refractivity contribution in [3.05, 3.63) is 60.3 Å². The number of nitrogens with zero attached hydrogens (tertiary/aromatic N) is 2. The van der Waals surface area contributed by atoms with Crippen LogP contribution in [0.2, 0.25) is 0 Å². The van der Waals surface area contributed by atoms with Gasteiger partial charge in [0.05, 0.1) is 0 Å². The van der Waals surface area contributed by atoms with E-state index >= 15 is 0 Å². The molecule has 4 rings (SSSR count). The van der Waals surface area contributed by atoms with E-state index in [4.69, 9.17) is 8.83 Å². The summed E-state index contributed by atoms with van der Waals surface area (Å²) in [7, 11) is 0. The Labute approximate surface area is 184 Å². The molecule has 0 N–H and O–H groups in total. The van der Waals surface area contributed by atoms with Crippen molar-refractivity contribution in [3.8, 4) is 0 Å². The van der Waals surface area contributed by atoms with Gasteiger partial charge in [0.1, 0.15) is 11.0 Å². The summed E-state index contributed by atoms with van der Waals surface area (Å²) in [5, 5.41) is 0. The molecule has 0 fully saturated rings. The first-order chi connectivity index (χ1) is 9.88. The van der Waals surface area contributed by atoms with Gasteiger partial charge in [-0.3, -0.25) is 0 Å².